The van der Waals surface area contributed by atoms with E-state index in [-0.39, 0.29) is 16.7 Å². The minimum atomic E-state index is -0.384. The molecule has 2 aromatic rings. The highest BCUT2D eigenvalue weighted by Crippen LogP contribution is 2.21. The topological polar surface area (TPSA) is 73.4 Å². The highest BCUT2D eigenvalue weighted by Gasteiger charge is 2.20. The minimum absolute atomic E-state index is 0.0967. The zero-order chi connectivity index (χ0) is 14.8. The first kappa shape index (κ1) is 14.0. The van der Waals surface area contributed by atoms with Crippen LogP contribution in [0.25, 0.3) is 10.9 Å². The number of aromatic nitrogens is 2. The van der Waals surface area contributed by atoms with Gasteiger partial charge in [-0.05, 0) is 12.5 Å². The molecule has 0 amide bonds. The summed E-state index contributed by atoms with van der Waals surface area (Å²) in [7, 11) is 0. The summed E-state index contributed by atoms with van der Waals surface area (Å²) in [5.74, 6) is 0. The van der Waals surface area contributed by atoms with E-state index in [9.17, 15) is 10.1 Å². The average molecular weight is 290 g/mol. The zero-order valence-corrected chi connectivity index (χ0v) is 11.9. The van der Waals surface area contributed by atoms with Gasteiger partial charge in [0.25, 0.3) is 5.69 Å². The third-order valence-electron chi connectivity index (χ3n) is 3.85. The van der Waals surface area contributed by atoms with Gasteiger partial charge in [-0.3, -0.25) is 19.7 Å². The molecule has 21 heavy (non-hydrogen) atoms. The molecule has 1 aromatic carbocycles. The summed E-state index contributed by atoms with van der Waals surface area (Å²) in [6, 6.07) is 4.85. The van der Waals surface area contributed by atoms with Crippen LogP contribution in [0, 0.1) is 10.1 Å². The molecule has 2 heterocycles. The van der Waals surface area contributed by atoms with Crippen molar-refractivity contribution in [2.24, 2.45) is 0 Å². The molecule has 7 heteroatoms. The molecule has 0 unspecified atom stereocenters. The van der Waals surface area contributed by atoms with Gasteiger partial charge in [0.2, 0.25) is 0 Å². The Bertz CT molecular complexity index is 655. The molecule has 1 aliphatic heterocycles. The fourth-order valence-electron chi connectivity index (χ4n) is 2.65. The van der Waals surface area contributed by atoms with Crippen molar-refractivity contribution in [3.05, 3.63) is 34.5 Å². The lowest BCUT2D eigenvalue weighted by Crippen LogP contribution is -2.42. The van der Waals surface area contributed by atoms with Crippen LogP contribution in [0.15, 0.2) is 24.4 Å². The van der Waals surface area contributed by atoms with Gasteiger partial charge < -0.3 is 4.74 Å². The van der Waals surface area contributed by atoms with Gasteiger partial charge in [0, 0.05) is 30.6 Å². The molecule has 1 atom stereocenters. The van der Waals surface area contributed by atoms with Gasteiger partial charge in [-0.1, -0.05) is 6.92 Å². The van der Waals surface area contributed by atoms with Crippen molar-refractivity contribution < 1.29 is 9.66 Å². The number of nitro benzene ring substituents is 1. The van der Waals surface area contributed by atoms with Gasteiger partial charge in [-0.2, -0.15) is 5.10 Å². The molecule has 0 spiro atoms. The molecule has 0 saturated carbocycles. The van der Waals surface area contributed by atoms with E-state index >= 15 is 0 Å². The lowest BCUT2D eigenvalue weighted by molar-refractivity contribution is -0.384. The summed E-state index contributed by atoms with van der Waals surface area (Å²) in [6.07, 6.45) is 2.96. The van der Waals surface area contributed by atoms with E-state index in [0.717, 1.165) is 37.0 Å². The van der Waals surface area contributed by atoms with Crippen molar-refractivity contribution in [1.29, 1.82) is 0 Å². The number of nitro groups is 1. The van der Waals surface area contributed by atoms with E-state index in [1.165, 1.54) is 6.07 Å². The Balaban J connectivity index is 1.79. The van der Waals surface area contributed by atoms with E-state index in [2.05, 4.69) is 16.9 Å². The summed E-state index contributed by atoms with van der Waals surface area (Å²) in [6.45, 7) is 5.32. The molecule has 0 N–H and O–H groups in total. The Morgan fingerprint density at radius 2 is 2.38 bits per heavy atom. The summed E-state index contributed by atoms with van der Waals surface area (Å²) >= 11 is 0. The maximum atomic E-state index is 10.8. The summed E-state index contributed by atoms with van der Waals surface area (Å²) in [4.78, 5) is 12.7. The molecule has 1 saturated heterocycles. The smallest absolute Gasteiger partial charge is 0.270 e. The fraction of sp³-hybridized carbons (Fsp3) is 0.500. The summed E-state index contributed by atoms with van der Waals surface area (Å²) in [5.41, 5.74) is 1.01. The Kier molecular flexibility index (Phi) is 3.85. The van der Waals surface area contributed by atoms with Crippen LogP contribution in [0.1, 0.15) is 13.3 Å². The maximum absolute atomic E-state index is 10.8. The molecule has 3 rings (SSSR count). The number of benzene rings is 1. The van der Waals surface area contributed by atoms with Gasteiger partial charge in [-0.15, -0.1) is 0 Å². The zero-order valence-electron chi connectivity index (χ0n) is 11.9. The van der Waals surface area contributed by atoms with Crippen molar-refractivity contribution >= 4 is 16.6 Å². The number of ether oxygens (including phenoxy) is 1. The maximum Gasteiger partial charge on any atom is 0.270 e. The second-order valence-corrected chi connectivity index (χ2v) is 5.26. The summed E-state index contributed by atoms with van der Waals surface area (Å²) in [5, 5.41) is 15.9. The fourth-order valence-corrected chi connectivity index (χ4v) is 2.65. The van der Waals surface area contributed by atoms with Crippen LogP contribution in [-0.2, 0) is 11.4 Å². The SMILES string of the molecule is CC[C@@H]1CN(Cn2ncc3cc([N+](=O)[O-])ccc32)CCO1. The molecule has 0 bridgehead atoms. The predicted octanol–water partition coefficient (Wildman–Crippen LogP) is 2.01. The van der Waals surface area contributed by atoms with Gasteiger partial charge in [0.15, 0.2) is 0 Å². The minimum Gasteiger partial charge on any atom is -0.376 e. The van der Waals surface area contributed by atoms with Crippen molar-refractivity contribution in [2.45, 2.75) is 26.1 Å². The average Bonchev–Trinajstić information content (AvgIpc) is 2.90. The monoisotopic (exact) mass is 290 g/mol. The number of fused-ring (bicyclic) bond motifs is 1. The van der Waals surface area contributed by atoms with Crippen LogP contribution < -0.4 is 0 Å². The first-order chi connectivity index (χ1) is 10.2. The summed E-state index contributed by atoms with van der Waals surface area (Å²) < 4.78 is 7.55. The van der Waals surface area contributed by atoms with Crippen molar-refractivity contribution in [2.75, 3.05) is 19.7 Å². The Hall–Kier alpha value is -1.99. The third-order valence-corrected chi connectivity index (χ3v) is 3.85. The highest BCUT2D eigenvalue weighted by atomic mass is 16.6. The molecular formula is C14H18N4O3. The Labute approximate surface area is 122 Å². The first-order valence-corrected chi connectivity index (χ1v) is 7.11. The number of rotatable bonds is 4. The van der Waals surface area contributed by atoms with E-state index in [0.29, 0.717) is 6.67 Å². The lowest BCUT2D eigenvalue weighted by atomic mass is 10.2. The molecule has 0 radical (unpaired) electrons. The van der Waals surface area contributed by atoms with Crippen LogP contribution in [0.4, 0.5) is 5.69 Å². The molecule has 0 aliphatic carbocycles. The van der Waals surface area contributed by atoms with E-state index in [1.54, 1.807) is 18.3 Å². The van der Waals surface area contributed by atoms with E-state index in [4.69, 9.17) is 4.74 Å². The number of hydrogen-bond donors (Lipinski definition) is 0. The Morgan fingerprint density at radius 3 is 3.14 bits per heavy atom. The number of morpholine rings is 1. The lowest BCUT2D eigenvalue weighted by Gasteiger charge is -2.32. The van der Waals surface area contributed by atoms with Crippen LogP contribution in [-0.4, -0.2) is 45.4 Å². The largest absolute Gasteiger partial charge is 0.376 e. The van der Waals surface area contributed by atoms with Gasteiger partial charge in [0.05, 0.1) is 36.0 Å². The normalized spacial score (nSPS) is 20.0. The quantitative estimate of drug-likeness (QED) is 0.636. The molecular weight excluding hydrogens is 272 g/mol. The van der Waals surface area contributed by atoms with Crippen LogP contribution in [0.5, 0.6) is 0 Å². The van der Waals surface area contributed by atoms with Crippen molar-refractivity contribution in [3.63, 3.8) is 0 Å². The number of nitrogens with zero attached hydrogens (tertiary/aromatic N) is 4. The first-order valence-electron chi connectivity index (χ1n) is 7.11. The highest BCUT2D eigenvalue weighted by molar-refractivity contribution is 5.81. The molecule has 1 fully saturated rings. The standard InChI is InChI=1S/C14H18N4O3/c1-2-13-9-16(5-6-21-13)10-17-14-4-3-12(18(19)20)7-11(14)8-15-17/h3-4,7-8,13H,2,5-6,9-10H2,1H3/t13-/m1/s1. The van der Waals surface area contributed by atoms with E-state index in [1.807, 2.05) is 4.68 Å². The number of hydrogen-bond acceptors (Lipinski definition) is 5. The van der Waals surface area contributed by atoms with Crippen molar-refractivity contribution in [3.8, 4) is 0 Å². The number of non-ortho nitro benzene ring substituents is 1. The van der Waals surface area contributed by atoms with Crippen LogP contribution in [0.2, 0.25) is 0 Å². The van der Waals surface area contributed by atoms with Gasteiger partial charge in [0.1, 0.15) is 0 Å². The Morgan fingerprint density at radius 1 is 1.52 bits per heavy atom. The molecule has 1 aliphatic rings. The molecule has 1 aromatic heterocycles. The van der Waals surface area contributed by atoms with Crippen molar-refractivity contribution in [1.82, 2.24) is 14.7 Å². The molecule has 7 nitrogen and oxygen atoms in total. The second-order valence-electron chi connectivity index (χ2n) is 5.26. The molecule has 112 valence electrons. The van der Waals surface area contributed by atoms with Gasteiger partial charge in [-0.25, -0.2) is 0 Å². The predicted molar refractivity (Wildman–Crippen MR) is 78.0 cm³/mol. The third kappa shape index (κ3) is 2.88. The van der Waals surface area contributed by atoms with Crippen LogP contribution in [0.3, 0.4) is 0 Å². The van der Waals surface area contributed by atoms with E-state index < -0.39 is 0 Å². The van der Waals surface area contributed by atoms with Gasteiger partial charge >= 0.3 is 0 Å². The van der Waals surface area contributed by atoms with Crippen LogP contribution >= 0.6 is 0 Å². The second kappa shape index (κ2) is 5.79.